The van der Waals surface area contributed by atoms with Crippen LogP contribution in [0.1, 0.15) is 63.6 Å². The molecule has 0 saturated heterocycles. The van der Waals surface area contributed by atoms with Crippen LogP contribution in [0.2, 0.25) is 0 Å². The number of hydrogen-bond acceptors (Lipinski definition) is 4. The van der Waals surface area contributed by atoms with Gasteiger partial charge in [0.05, 0.1) is 12.8 Å². The van der Waals surface area contributed by atoms with Gasteiger partial charge in [-0.1, -0.05) is 39.0 Å². The summed E-state index contributed by atoms with van der Waals surface area (Å²) in [6, 6.07) is 1.92. The summed E-state index contributed by atoms with van der Waals surface area (Å²) in [5.41, 5.74) is 0.621. The predicted octanol–water partition coefficient (Wildman–Crippen LogP) is 2.65. The molecule has 1 aliphatic rings. The number of aliphatic hydroxyl groups is 1. The number of hydrogen-bond donors (Lipinski definition) is 2. The molecular formula is C18H30N2O3. The van der Waals surface area contributed by atoms with Crippen LogP contribution in [0, 0.1) is 0 Å². The van der Waals surface area contributed by atoms with Gasteiger partial charge in [0.15, 0.2) is 5.75 Å². The Morgan fingerprint density at radius 1 is 1.22 bits per heavy atom. The van der Waals surface area contributed by atoms with Crippen molar-refractivity contribution in [1.82, 2.24) is 9.47 Å². The van der Waals surface area contributed by atoms with Gasteiger partial charge in [-0.25, -0.2) is 0 Å². The molecule has 0 aliphatic heterocycles. The van der Waals surface area contributed by atoms with Crippen molar-refractivity contribution in [3.05, 3.63) is 28.2 Å². The summed E-state index contributed by atoms with van der Waals surface area (Å²) < 4.78 is 2.11. The molecule has 0 unspecified atom stereocenters. The molecule has 1 aromatic heterocycles. The molecule has 5 heteroatoms. The molecule has 1 aromatic rings. The minimum absolute atomic E-state index is 0.111. The molecule has 0 spiro atoms. The van der Waals surface area contributed by atoms with Gasteiger partial charge in [0.1, 0.15) is 0 Å². The van der Waals surface area contributed by atoms with Gasteiger partial charge < -0.3 is 14.8 Å². The molecule has 2 rings (SSSR count). The van der Waals surface area contributed by atoms with Crippen LogP contribution in [0.4, 0.5) is 0 Å². The average Bonchev–Trinajstić information content (AvgIpc) is 2.50. The first kappa shape index (κ1) is 18.0. The minimum Gasteiger partial charge on any atom is -0.503 e. The van der Waals surface area contributed by atoms with Crippen LogP contribution in [-0.4, -0.2) is 39.4 Å². The Morgan fingerprint density at radius 3 is 2.48 bits per heavy atom. The molecule has 1 aliphatic carbocycles. The summed E-state index contributed by atoms with van der Waals surface area (Å²) in [6.07, 6.45) is 10.1. The van der Waals surface area contributed by atoms with E-state index in [9.17, 15) is 15.0 Å². The molecule has 0 aromatic carbocycles. The Kier molecular flexibility index (Phi) is 7.12. The largest absolute Gasteiger partial charge is 0.503 e. The molecule has 130 valence electrons. The monoisotopic (exact) mass is 322 g/mol. The maximum absolute atomic E-state index is 11.9. The fourth-order valence-electron chi connectivity index (χ4n) is 3.48. The maximum Gasteiger partial charge on any atom is 0.223 e. The number of aromatic nitrogens is 1. The van der Waals surface area contributed by atoms with E-state index in [1.807, 2.05) is 6.92 Å². The average molecular weight is 322 g/mol. The van der Waals surface area contributed by atoms with Gasteiger partial charge in [0.2, 0.25) is 5.43 Å². The SMILES string of the molecule is CCN(CCO)Cc1cc(=O)c(O)cn1C1CCCCCCC1. The van der Waals surface area contributed by atoms with Gasteiger partial charge in [0, 0.05) is 30.9 Å². The van der Waals surface area contributed by atoms with Crippen LogP contribution in [0.3, 0.4) is 0 Å². The van der Waals surface area contributed by atoms with Gasteiger partial charge in [-0.15, -0.1) is 0 Å². The number of likely N-dealkylation sites (N-methyl/N-ethyl adjacent to an activating group) is 1. The molecule has 5 nitrogen and oxygen atoms in total. The zero-order chi connectivity index (χ0) is 16.7. The number of nitrogens with zero attached hydrogens (tertiary/aromatic N) is 2. The summed E-state index contributed by atoms with van der Waals surface area (Å²) in [4.78, 5) is 14.0. The molecular weight excluding hydrogens is 292 g/mol. The summed E-state index contributed by atoms with van der Waals surface area (Å²) in [7, 11) is 0. The molecule has 0 bridgehead atoms. The second-order valence-corrected chi connectivity index (χ2v) is 6.51. The lowest BCUT2D eigenvalue weighted by molar-refractivity contribution is 0.191. The van der Waals surface area contributed by atoms with Crippen molar-refractivity contribution in [1.29, 1.82) is 0 Å². The van der Waals surface area contributed by atoms with E-state index in [0.717, 1.165) is 25.1 Å². The Labute approximate surface area is 138 Å². The van der Waals surface area contributed by atoms with E-state index < -0.39 is 0 Å². The van der Waals surface area contributed by atoms with E-state index in [1.54, 1.807) is 12.3 Å². The first-order chi connectivity index (χ1) is 11.2. The third-order valence-corrected chi connectivity index (χ3v) is 4.86. The zero-order valence-electron chi connectivity index (χ0n) is 14.2. The molecule has 2 N–H and O–H groups in total. The van der Waals surface area contributed by atoms with Crippen LogP contribution in [0.5, 0.6) is 5.75 Å². The van der Waals surface area contributed by atoms with E-state index in [4.69, 9.17) is 0 Å². The number of aromatic hydroxyl groups is 1. The Morgan fingerprint density at radius 2 is 1.87 bits per heavy atom. The standard InChI is InChI=1S/C18H30N2O3/c1-2-19(10-11-21)13-16-12-17(22)18(23)14-20(16)15-8-6-4-3-5-7-9-15/h12,14-15,21,23H,2-11,13H2,1H3. The summed E-state index contributed by atoms with van der Waals surface area (Å²) in [5.74, 6) is -0.166. The fraction of sp³-hybridized carbons (Fsp3) is 0.722. The lowest BCUT2D eigenvalue weighted by atomic mass is 9.96. The predicted molar refractivity (Wildman–Crippen MR) is 91.8 cm³/mol. The topological polar surface area (TPSA) is 65.7 Å². The highest BCUT2D eigenvalue weighted by atomic mass is 16.3. The van der Waals surface area contributed by atoms with Crippen molar-refractivity contribution < 1.29 is 10.2 Å². The Balaban J connectivity index is 2.28. The molecule has 0 radical (unpaired) electrons. The number of aliphatic hydroxyl groups excluding tert-OH is 1. The lowest BCUT2D eigenvalue weighted by Crippen LogP contribution is -2.29. The highest BCUT2D eigenvalue weighted by Crippen LogP contribution is 2.28. The van der Waals surface area contributed by atoms with Crippen molar-refractivity contribution in [3.63, 3.8) is 0 Å². The van der Waals surface area contributed by atoms with Crippen molar-refractivity contribution in [2.45, 2.75) is 64.5 Å². The highest BCUT2D eigenvalue weighted by Gasteiger charge is 2.18. The third-order valence-electron chi connectivity index (χ3n) is 4.86. The van der Waals surface area contributed by atoms with Gasteiger partial charge in [0.25, 0.3) is 0 Å². The van der Waals surface area contributed by atoms with E-state index in [0.29, 0.717) is 19.1 Å². The maximum atomic E-state index is 11.9. The van der Waals surface area contributed by atoms with Gasteiger partial charge in [-0.2, -0.15) is 0 Å². The minimum atomic E-state index is -0.317. The van der Waals surface area contributed by atoms with Crippen molar-refractivity contribution in [2.24, 2.45) is 0 Å². The molecule has 1 heterocycles. The quantitative estimate of drug-likeness (QED) is 0.845. The smallest absolute Gasteiger partial charge is 0.223 e. The first-order valence-electron chi connectivity index (χ1n) is 8.93. The van der Waals surface area contributed by atoms with Crippen molar-refractivity contribution >= 4 is 0 Å². The van der Waals surface area contributed by atoms with Crippen LogP contribution in [0.25, 0.3) is 0 Å². The van der Waals surface area contributed by atoms with Crippen LogP contribution < -0.4 is 5.43 Å². The van der Waals surface area contributed by atoms with Crippen LogP contribution in [0.15, 0.2) is 17.1 Å². The normalized spacial score (nSPS) is 17.2. The van der Waals surface area contributed by atoms with Crippen molar-refractivity contribution in [2.75, 3.05) is 19.7 Å². The Hall–Kier alpha value is -1.33. The van der Waals surface area contributed by atoms with Crippen LogP contribution in [-0.2, 0) is 6.54 Å². The van der Waals surface area contributed by atoms with Crippen molar-refractivity contribution in [3.8, 4) is 5.75 Å². The molecule has 0 atom stereocenters. The lowest BCUT2D eigenvalue weighted by Gasteiger charge is -2.28. The highest BCUT2D eigenvalue weighted by molar-refractivity contribution is 5.21. The van der Waals surface area contributed by atoms with E-state index in [-0.39, 0.29) is 17.8 Å². The molecule has 23 heavy (non-hydrogen) atoms. The summed E-state index contributed by atoms with van der Waals surface area (Å²) >= 11 is 0. The van der Waals surface area contributed by atoms with E-state index >= 15 is 0 Å². The summed E-state index contributed by atoms with van der Waals surface area (Å²) in [6.45, 7) is 4.20. The number of pyridine rings is 1. The first-order valence-corrected chi connectivity index (χ1v) is 8.93. The molecule has 1 saturated carbocycles. The third kappa shape index (κ3) is 5.08. The fourth-order valence-corrected chi connectivity index (χ4v) is 3.48. The van der Waals surface area contributed by atoms with Crippen LogP contribution >= 0.6 is 0 Å². The zero-order valence-corrected chi connectivity index (χ0v) is 14.2. The summed E-state index contributed by atoms with van der Waals surface area (Å²) in [5, 5.41) is 19.1. The van der Waals surface area contributed by atoms with E-state index in [1.165, 1.54) is 32.1 Å². The molecule has 1 fully saturated rings. The number of rotatable bonds is 6. The Bertz CT molecular complexity index is 534. The second kappa shape index (κ2) is 9.08. The second-order valence-electron chi connectivity index (χ2n) is 6.51. The molecule has 0 amide bonds. The van der Waals surface area contributed by atoms with Gasteiger partial charge >= 0.3 is 0 Å². The van der Waals surface area contributed by atoms with Gasteiger partial charge in [-0.3, -0.25) is 9.69 Å². The van der Waals surface area contributed by atoms with Gasteiger partial charge in [-0.05, 0) is 19.4 Å². The van der Waals surface area contributed by atoms with E-state index in [2.05, 4.69) is 9.47 Å².